The van der Waals surface area contributed by atoms with Gasteiger partial charge in [0.2, 0.25) is 0 Å². The largest absolute Gasteiger partial charge is 0.480 e. The van der Waals surface area contributed by atoms with Gasteiger partial charge in [0.1, 0.15) is 5.82 Å². The molecule has 0 radical (unpaired) electrons. The summed E-state index contributed by atoms with van der Waals surface area (Å²) in [6, 6.07) is 5.30. The molecular formula is C16H22BrFN2O2. The molecule has 0 unspecified atom stereocenters. The molecule has 1 aliphatic rings. The number of carboxylic acid groups (broad SMARTS) is 1. The van der Waals surface area contributed by atoms with Gasteiger partial charge >= 0.3 is 5.97 Å². The number of carbonyl (C=O) groups is 1. The SMILES string of the molecule is CCN(CC(=O)O)C1CCN(Cc2cc(F)cc(Br)c2)CC1. The zero-order valence-corrected chi connectivity index (χ0v) is 14.4. The lowest BCUT2D eigenvalue weighted by Gasteiger charge is -2.37. The molecule has 6 heteroatoms. The van der Waals surface area contributed by atoms with Gasteiger partial charge in [0.15, 0.2) is 0 Å². The molecule has 1 aromatic carbocycles. The standard InChI is InChI=1S/C16H22BrFN2O2/c1-2-20(11-16(21)22)15-3-5-19(6-4-15)10-12-7-13(17)9-14(18)8-12/h7-9,15H,2-6,10-11H2,1H3,(H,21,22). The number of piperidine rings is 1. The van der Waals surface area contributed by atoms with E-state index >= 15 is 0 Å². The van der Waals surface area contributed by atoms with E-state index in [0.29, 0.717) is 6.04 Å². The van der Waals surface area contributed by atoms with Crippen molar-refractivity contribution in [3.8, 4) is 0 Å². The monoisotopic (exact) mass is 372 g/mol. The minimum absolute atomic E-state index is 0.109. The van der Waals surface area contributed by atoms with Crippen molar-refractivity contribution >= 4 is 21.9 Å². The highest BCUT2D eigenvalue weighted by molar-refractivity contribution is 9.10. The summed E-state index contributed by atoms with van der Waals surface area (Å²) < 4.78 is 14.2. The molecule has 0 saturated carbocycles. The topological polar surface area (TPSA) is 43.8 Å². The number of rotatable bonds is 6. The van der Waals surface area contributed by atoms with E-state index in [9.17, 15) is 9.18 Å². The Morgan fingerprint density at radius 3 is 2.64 bits per heavy atom. The maximum Gasteiger partial charge on any atom is 0.317 e. The summed E-state index contributed by atoms with van der Waals surface area (Å²) in [5, 5.41) is 8.95. The Hall–Kier alpha value is -0.980. The van der Waals surface area contributed by atoms with Gasteiger partial charge in [-0.2, -0.15) is 0 Å². The molecule has 122 valence electrons. The Bertz CT molecular complexity index is 499. The van der Waals surface area contributed by atoms with Gasteiger partial charge in [0, 0.05) is 17.1 Å². The molecule has 22 heavy (non-hydrogen) atoms. The van der Waals surface area contributed by atoms with Crippen LogP contribution in [0.1, 0.15) is 25.3 Å². The van der Waals surface area contributed by atoms with Crippen molar-refractivity contribution in [2.24, 2.45) is 0 Å². The average molecular weight is 373 g/mol. The average Bonchev–Trinajstić information content (AvgIpc) is 2.44. The summed E-state index contributed by atoms with van der Waals surface area (Å²) in [5.74, 6) is -0.994. The van der Waals surface area contributed by atoms with E-state index in [1.54, 1.807) is 6.07 Å². The van der Waals surface area contributed by atoms with Gasteiger partial charge < -0.3 is 5.11 Å². The molecule has 0 amide bonds. The van der Waals surface area contributed by atoms with Crippen LogP contribution in [-0.2, 0) is 11.3 Å². The van der Waals surface area contributed by atoms with Crippen LogP contribution in [0.5, 0.6) is 0 Å². The molecule has 4 nitrogen and oxygen atoms in total. The highest BCUT2D eigenvalue weighted by Gasteiger charge is 2.25. The van der Waals surface area contributed by atoms with Crippen LogP contribution in [-0.4, -0.2) is 53.1 Å². The van der Waals surface area contributed by atoms with E-state index < -0.39 is 5.97 Å². The van der Waals surface area contributed by atoms with E-state index in [0.717, 1.165) is 49.1 Å². The predicted molar refractivity (Wildman–Crippen MR) is 87.3 cm³/mol. The number of aliphatic carboxylic acids is 1. The number of halogens is 2. The molecular weight excluding hydrogens is 351 g/mol. The Morgan fingerprint density at radius 2 is 2.09 bits per heavy atom. The van der Waals surface area contributed by atoms with Gasteiger partial charge in [0.25, 0.3) is 0 Å². The number of hydrogen-bond donors (Lipinski definition) is 1. The van der Waals surface area contributed by atoms with Crippen molar-refractivity contribution in [3.05, 3.63) is 34.1 Å². The summed E-state index contributed by atoms with van der Waals surface area (Å²) >= 11 is 3.32. The van der Waals surface area contributed by atoms with Crippen LogP contribution in [0, 0.1) is 5.82 Å². The third-order valence-corrected chi connectivity index (χ3v) is 4.60. The maximum atomic E-state index is 13.4. The first-order valence-corrected chi connectivity index (χ1v) is 8.40. The fraction of sp³-hybridized carbons (Fsp3) is 0.562. The van der Waals surface area contributed by atoms with Crippen LogP contribution in [0.25, 0.3) is 0 Å². The minimum atomic E-state index is -0.770. The van der Waals surface area contributed by atoms with E-state index in [1.165, 1.54) is 6.07 Å². The second-order valence-corrected chi connectivity index (χ2v) is 6.66. The van der Waals surface area contributed by atoms with Crippen LogP contribution in [0.3, 0.4) is 0 Å². The molecule has 1 N–H and O–H groups in total. The van der Waals surface area contributed by atoms with Gasteiger partial charge in [0.05, 0.1) is 6.54 Å². The second-order valence-electron chi connectivity index (χ2n) is 5.74. The molecule has 1 fully saturated rings. The van der Waals surface area contributed by atoms with Gasteiger partial charge in [-0.15, -0.1) is 0 Å². The molecule has 2 rings (SSSR count). The van der Waals surface area contributed by atoms with Gasteiger partial charge in [-0.05, 0) is 56.2 Å². The van der Waals surface area contributed by atoms with E-state index in [2.05, 4.69) is 20.8 Å². The predicted octanol–water partition coefficient (Wildman–Crippen LogP) is 2.96. The van der Waals surface area contributed by atoms with Crippen molar-refractivity contribution in [3.63, 3.8) is 0 Å². The van der Waals surface area contributed by atoms with E-state index in [4.69, 9.17) is 5.11 Å². The number of nitrogens with zero attached hydrogens (tertiary/aromatic N) is 2. The van der Waals surface area contributed by atoms with E-state index in [-0.39, 0.29) is 12.4 Å². The summed E-state index contributed by atoms with van der Waals surface area (Å²) in [5.41, 5.74) is 0.961. The van der Waals surface area contributed by atoms with Gasteiger partial charge in [-0.25, -0.2) is 4.39 Å². The summed E-state index contributed by atoms with van der Waals surface area (Å²) in [6.45, 7) is 5.42. The molecule has 1 saturated heterocycles. The van der Waals surface area contributed by atoms with Gasteiger partial charge in [-0.1, -0.05) is 22.9 Å². The molecule has 0 aliphatic carbocycles. The quantitative estimate of drug-likeness (QED) is 0.833. The molecule has 0 aromatic heterocycles. The lowest BCUT2D eigenvalue weighted by molar-refractivity contribution is -0.139. The Labute approximate surface area is 139 Å². The smallest absolute Gasteiger partial charge is 0.317 e. The van der Waals surface area contributed by atoms with Crippen LogP contribution in [0.2, 0.25) is 0 Å². The summed E-state index contributed by atoms with van der Waals surface area (Å²) in [4.78, 5) is 15.2. The summed E-state index contributed by atoms with van der Waals surface area (Å²) in [6.07, 6.45) is 1.91. The second kappa shape index (κ2) is 8.04. The number of likely N-dealkylation sites (tertiary alicyclic amines) is 1. The number of hydrogen-bond acceptors (Lipinski definition) is 3. The van der Waals surface area contributed by atoms with Crippen LogP contribution >= 0.6 is 15.9 Å². The van der Waals surface area contributed by atoms with E-state index in [1.807, 2.05) is 17.9 Å². The highest BCUT2D eigenvalue weighted by atomic mass is 79.9. The maximum absolute atomic E-state index is 13.4. The van der Waals surface area contributed by atoms with Gasteiger partial charge in [-0.3, -0.25) is 14.6 Å². The Balaban J connectivity index is 1.87. The van der Waals surface area contributed by atoms with Crippen LogP contribution in [0.4, 0.5) is 4.39 Å². The minimum Gasteiger partial charge on any atom is -0.480 e. The lowest BCUT2D eigenvalue weighted by atomic mass is 10.0. The molecule has 1 aromatic rings. The first kappa shape index (κ1) is 17.4. The van der Waals surface area contributed by atoms with Crippen molar-refractivity contribution in [1.29, 1.82) is 0 Å². The fourth-order valence-electron chi connectivity index (χ4n) is 3.08. The first-order valence-electron chi connectivity index (χ1n) is 7.61. The zero-order chi connectivity index (χ0) is 16.1. The fourth-order valence-corrected chi connectivity index (χ4v) is 3.59. The first-order chi connectivity index (χ1) is 10.5. The Kier molecular flexibility index (Phi) is 6.35. The van der Waals surface area contributed by atoms with Crippen molar-refractivity contribution in [2.45, 2.75) is 32.4 Å². The zero-order valence-electron chi connectivity index (χ0n) is 12.8. The third-order valence-electron chi connectivity index (χ3n) is 4.15. The van der Waals surface area contributed by atoms with Crippen molar-refractivity contribution in [2.75, 3.05) is 26.2 Å². The highest BCUT2D eigenvalue weighted by Crippen LogP contribution is 2.20. The number of carboxylic acids is 1. The van der Waals surface area contributed by atoms with Crippen molar-refractivity contribution < 1.29 is 14.3 Å². The molecule has 1 heterocycles. The summed E-state index contributed by atoms with van der Waals surface area (Å²) in [7, 11) is 0. The molecule has 1 aliphatic heterocycles. The number of benzene rings is 1. The third kappa shape index (κ3) is 5.04. The normalized spacial score (nSPS) is 17.1. The number of likely N-dealkylation sites (N-methyl/N-ethyl adjacent to an activating group) is 1. The van der Waals surface area contributed by atoms with Crippen LogP contribution in [0.15, 0.2) is 22.7 Å². The molecule has 0 bridgehead atoms. The Morgan fingerprint density at radius 1 is 1.41 bits per heavy atom. The molecule has 0 spiro atoms. The molecule has 0 atom stereocenters. The lowest BCUT2D eigenvalue weighted by Crippen LogP contribution is -2.46. The van der Waals surface area contributed by atoms with Crippen LogP contribution < -0.4 is 0 Å². The van der Waals surface area contributed by atoms with Crippen molar-refractivity contribution in [1.82, 2.24) is 9.80 Å².